The van der Waals surface area contributed by atoms with E-state index in [1.54, 1.807) is 17.7 Å². The molecule has 0 radical (unpaired) electrons. The first-order chi connectivity index (χ1) is 10.0. The van der Waals surface area contributed by atoms with Crippen LogP contribution in [0.25, 0.3) is 10.2 Å². The van der Waals surface area contributed by atoms with Crippen LogP contribution < -0.4 is 4.80 Å². The van der Waals surface area contributed by atoms with Crippen LogP contribution in [0, 0.1) is 11.6 Å². The molecule has 6 heteroatoms. The van der Waals surface area contributed by atoms with Crippen molar-refractivity contribution in [2.45, 2.75) is 0 Å². The fraction of sp³-hybridized carbons (Fsp3) is 0.0667. The Hall–Kier alpha value is -2.34. The fourth-order valence-corrected chi connectivity index (χ4v) is 3.00. The molecule has 2 aromatic carbocycles. The molecule has 3 nitrogen and oxygen atoms in total. The number of benzene rings is 2. The molecule has 0 fully saturated rings. The molecule has 0 aliphatic carbocycles. The number of aryl methyl sites for hydroxylation is 1. The van der Waals surface area contributed by atoms with Crippen LogP contribution in [-0.2, 0) is 7.05 Å². The van der Waals surface area contributed by atoms with Crippen molar-refractivity contribution in [2.75, 3.05) is 0 Å². The summed E-state index contributed by atoms with van der Waals surface area (Å²) in [5, 5.41) is 0. The number of carbonyl (C=O) groups is 1. The zero-order valence-electron chi connectivity index (χ0n) is 11.0. The van der Waals surface area contributed by atoms with Crippen molar-refractivity contribution in [2.24, 2.45) is 12.0 Å². The van der Waals surface area contributed by atoms with Crippen LogP contribution in [0.2, 0.25) is 0 Å². The Morgan fingerprint density at radius 2 is 1.76 bits per heavy atom. The normalized spacial score (nSPS) is 12.0. The highest BCUT2D eigenvalue weighted by Crippen LogP contribution is 2.17. The van der Waals surface area contributed by atoms with E-state index in [4.69, 9.17) is 0 Å². The second-order valence-corrected chi connectivity index (χ2v) is 5.49. The van der Waals surface area contributed by atoms with E-state index >= 15 is 0 Å². The lowest BCUT2D eigenvalue weighted by atomic mass is 10.2. The van der Waals surface area contributed by atoms with E-state index in [9.17, 15) is 13.6 Å². The smallest absolute Gasteiger partial charge is 0.279 e. The van der Waals surface area contributed by atoms with Gasteiger partial charge in [-0.2, -0.15) is 4.99 Å². The molecule has 1 aromatic heterocycles. The summed E-state index contributed by atoms with van der Waals surface area (Å²) in [6.45, 7) is 0. The number of nitrogens with zero attached hydrogens (tertiary/aromatic N) is 2. The lowest BCUT2D eigenvalue weighted by molar-refractivity contribution is 0.0998. The van der Waals surface area contributed by atoms with Crippen molar-refractivity contribution in [3.63, 3.8) is 0 Å². The monoisotopic (exact) mass is 304 g/mol. The average Bonchev–Trinajstić information content (AvgIpc) is 2.75. The SMILES string of the molecule is Cn1c(=NC(=O)c2ccc(F)cc2)sc2cc(F)ccc21. The minimum absolute atomic E-state index is 0.306. The van der Waals surface area contributed by atoms with Gasteiger partial charge in [0.25, 0.3) is 5.91 Å². The van der Waals surface area contributed by atoms with Gasteiger partial charge >= 0.3 is 0 Å². The lowest BCUT2D eigenvalue weighted by Gasteiger charge is -1.96. The van der Waals surface area contributed by atoms with Crippen molar-refractivity contribution < 1.29 is 13.6 Å². The second-order valence-electron chi connectivity index (χ2n) is 4.48. The van der Waals surface area contributed by atoms with E-state index in [1.807, 2.05) is 0 Å². The number of halogens is 2. The number of aromatic nitrogens is 1. The van der Waals surface area contributed by atoms with Crippen molar-refractivity contribution in [3.05, 3.63) is 64.5 Å². The highest BCUT2D eigenvalue weighted by atomic mass is 32.1. The van der Waals surface area contributed by atoms with Crippen LogP contribution in [0.5, 0.6) is 0 Å². The molecule has 1 heterocycles. The Bertz CT molecular complexity index is 894. The first-order valence-electron chi connectivity index (χ1n) is 6.14. The maximum atomic E-state index is 13.2. The number of fused-ring (bicyclic) bond motifs is 1. The molecule has 0 atom stereocenters. The largest absolute Gasteiger partial charge is 0.319 e. The Balaban J connectivity index is 2.09. The summed E-state index contributed by atoms with van der Waals surface area (Å²) in [5.41, 5.74) is 1.10. The quantitative estimate of drug-likeness (QED) is 0.679. The predicted molar refractivity (Wildman–Crippen MR) is 77.0 cm³/mol. The fourth-order valence-electron chi connectivity index (χ4n) is 1.96. The number of thiazole rings is 1. The number of rotatable bonds is 1. The molecule has 0 N–H and O–H groups in total. The van der Waals surface area contributed by atoms with Crippen LogP contribution in [0.15, 0.2) is 47.5 Å². The van der Waals surface area contributed by atoms with Crippen LogP contribution in [0.3, 0.4) is 0 Å². The Labute approximate surface area is 122 Å². The number of carbonyl (C=O) groups excluding carboxylic acids is 1. The maximum absolute atomic E-state index is 13.2. The highest BCUT2D eigenvalue weighted by Gasteiger charge is 2.07. The molecule has 21 heavy (non-hydrogen) atoms. The molecule has 106 valence electrons. The van der Waals surface area contributed by atoms with Gasteiger partial charge in [0.2, 0.25) is 0 Å². The molecule has 0 bridgehead atoms. The van der Waals surface area contributed by atoms with E-state index in [1.165, 1.54) is 47.7 Å². The third kappa shape index (κ3) is 2.62. The van der Waals surface area contributed by atoms with Crippen LogP contribution in [0.1, 0.15) is 10.4 Å². The van der Waals surface area contributed by atoms with Gasteiger partial charge < -0.3 is 4.57 Å². The summed E-state index contributed by atoms with van der Waals surface area (Å²) in [5.74, 6) is -1.20. The average molecular weight is 304 g/mol. The molecule has 3 aromatic rings. The topological polar surface area (TPSA) is 34.4 Å². The first-order valence-corrected chi connectivity index (χ1v) is 6.96. The maximum Gasteiger partial charge on any atom is 0.279 e. The molecular formula is C15H10F2N2OS. The van der Waals surface area contributed by atoms with Crippen molar-refractivity contribution in [3.8, 4) is 0 Å². The zero-order chi connectivity index (χ0) is 15.0. The molecule has 0 spiro atoms. The molecular weight excluding hydrogens is 294 g/mol. The molecule has 0 aliphatic heterocycles. The van der Waals surface area contributed by atoms with E-state index in [2.05, 4.69) is 4.99 Å². The minimum atomic E-state index is -0.461. The van der Waals surface area contributed by atoms with Gasteiger partial charge in [-0.15, -0.1) is 0 Å². The van der Waals surface area contributed by atoms with Crippen molar-refractivity contribution in [1.82, 2.24) is 4.57 Å². The van der Waals surface area contributed by atoms with Crippen LogP contribution >= 0.6 is 11.3 Å². The van der Waals surface area contributed by atoms with E-state index in [0.29, 0.717) is 15.1 Å². The van der Waals surface area contributed by atoms with E-state index in [-0.39, 0.29) is 5.82 Å². The Kier molecular flexibility index (Phi) is 3.39. The molecule has 0 unspecified atom stereocenters. The molecule has 0 aliphatic rings. The van der Waals surface area contributed by atoms with Gasteiger partial charge in [0.05, 0.1) is 10.2 Å². The summed E-state index contributed by atoms with van der Waals surface area (Å²) < 4.78 is 28.5. The van der Waals surface area contributed by atoms with E-state index in [0.717, 1.165) is 5.52 Å². The molecule has 0 saturated heterocycles. The standard InChI is InChI=1S/C15H10F2N2OS/c1-19-12-7-6-11(17)8-13(12)21-15(19)18-14(20)9-2-4-10(16)5-3-9/h2-8H,1H3. The molecule has 3 rings (SSSR count). The third-order valence-electron chi connectivity index (χ3n) is 3.06. The van der Waals surface area contributed by atoms with Crippen molar-refractivity contribution in [1.29, 1.82) is 0 Å². The van der Waals surface area contributed by atoms with Gasteiger partial charge in [-0.25, -0.2) is 8.78 Å². The number of amides is 1. The summed E-state index contributed by atoms with van der Waals surface area (Å²) in [4.78, 5) is 16.5. The Morgan fingerprint density at radius 3 is 2.48 bits per heavy atom. The lowest BCUT2D eigenvalue weighted by Crippen LogP contribution is -2.13. The molecule has 0 saturated carbocycles. The van der Waals surface area contributed by atoms with Crippen LogP contribution in [-0.4, -0.2) is 10.5 Å². The minimum Gasteiger partial charge on any atom is -0.319 e. The van der Waals surface area contributed by atoms with Gasteiger partial charge in [0.1, 0.15) is 11.6 Å². The van der Waals surface area contributed by atoms with Gasteiger partial charge in [0.15, 0.2) is 4.80 Å². The summed E-state index contributed by atoms with van der Waals surface area (Å²) in [6.07, 6.45) is 0. The zero-order valence-corrected chi connectivity index (χ0v) is 11.8. The van der Waals surface area contributed by atoms with Gasteiger partial charge in [-0.05, 0) is 42.5 Å². The number of hydrogen-bond acceptors (Lipinski definition) is 2. The third-order valence-corrected chi connectivity index (χ3v) is 4.15. The van der Waals surface area contributed by atoms with Crippen molar-refractivity contribution >= 4 is 27.5 Å². The Morgan fingerprint density at radius 1 is 1.10 bits per heavy atom. The van der Waals surface area contributed by atoms with Gasteiger partial charge in [0, 0.05) is 12.6 Å². The van der Waals surface area contributed by atoms with Crippen LogP contribution in [0.4, 0.5) is 8.78 Å². The number of hydrogen-bond donors (Lipinski definition) is 0. The van der Waals surface area contributed by atoms with E-state index < -0.39 is 11.7 Å². The summed E-state index contributed by atoms with van der Waals surface area (Å²) in [6, 6.07) is 9.60. The predicted octanol–water partition coefficient (Wildman–Crippen LogP) is 3.26. The second kappa shape index (κ2) is 5.21. The highest BCUT2D eigenvalue weighted by molar-refractivity contribution is 7.16. The first kappa shape index (κ1) is 13.6. The van der Waals surface area contributed by atoms with Gasteiger partial charge in [-0.1, -0.05) is 11.3 Å². The molecule has 1 amide bonds. The summed E-state index contributed by atoms with van der Waals surface area (Å²) >= 11 is 1.23. The summed E-state index contributed by atoms with van der Waals surface area (Å²) in [7, 11) is 1.76. The van der Waals surface area contributed by atoms with Gasteiger partial charge in [-0.3, -0.25) is 4.79 Å².